The van der Waals surface area contributed by atoms with Gasteiger partial charge in [-0.25, -0.2) is 9.67 Å². The Morgan fingerprint density at radius 2 is 2.27 bits per heavy atom. The van der Waals surface area contributed by atoms with Gasteiger partial charge in [-0.05, 0) is 35.4 Å². The molecular formula is C15H17N7. The molecule has 0 bridgehead atoms. The van der Waals surface area contributed by atoms with Crippen molar-refractivity contribution in [3.63, 3.8) is 0 Å². The van der Waals surface area contributed by atoms with E-state index in [4.69, 9.17) is 0 Å². The smallest absolute Gasteiger partial charge is 0.182 e. The van der Waals surface area contributed by atoms with Crippen LogP contribution in [0.25, 0.3) is 11.4 Å². The highest BCUT2D eigenvalue weighted by molar-refractivity contribution is 5.68. The van der Waals surface area contributed by atoms with Gasteiger partial charge in [-0.3, -0.25) is 0 Å². The first-order valence-electron chi connectivity index (χ1n) is 7.47. The summed E-state index contributed by atoms with van der Waals surface area (Å²) in [5.41, 5.74) is 4.73. The molecule has 0 saturated heterocycles. The second-order valence-corrected chi connectivity index (χ2v) is 5.39. The Hall–Kier alpha value is -2.70. The molecule has 3 heterocycles. The van der Waals surface area contributed by atoms with Gasteiger partial charge >= 0.3 is 0 Å². The molecule has 0 aliphatic carbocycles. The van der Waals surface area contributed by atoms with E-state index in [1.165, 1.54) is 11.3 Å². The Bertz CT molecular complexity index is 775. The fraction of sp³-hybridized carbons (Fsp3) is 0.333. The highest BCUT2D eigenvalue weighted by atomic mass is 15.5. The number of hydrogen-bond acceptors (Lipinski definition) is 5. The third-order valence-corrected chi connectivity index (χ3v) is 4.07. The van der Waals surface area contributed by atoms with Crippen LogP contribution in [0.5, 0.6) is 0 Å². The number of H-pyrrole nitrogens is 1. The lowest BCUT2D eigenvalue weighted by Gasteiger charge is -2.18. The molecule has 0 fully saturated rings. The summed E-state index contributed by atoms with van der Waals surface area (Å²) in [5, 5.41) is 11.9. The van der Waals surface area contributed by atoms with Gasteiger partial charge in [0, 0.05) is 30.5 Å². The number of nitrogens with zero attached hydrogens (tertiary/aromatic N) is 6. The fourth-order valence-corrected chi connectivity index (χ4v) is 2.95. The van der Waals surface area contributed by atoms with E-state index in [2.05, 4.69) is 48.6 Å². The van der Waals surface area contributed by atoms with Gasteiger partial charge in [0.25, 0.3) is 0 Å². The number of rotatable bonds is 4. The molecular weight excluding hydrogens is 278 g/mol. The number of nitrogens with one attached hydrogen (secondary N) is 1. The maximum absolute atomic E-state index is 4.32. The minimum absolute atomic E-state index is 0.760. The number of imidazole rings is 1. The molecule has 0 spiro atoms. The summed E-state index contributed by atoms with van der Waals surface area (Å²) in [6.45, 7) is 4.64. The number of fused-ring (bicyclic) bond motifs is 1. The first-order chi connectivity index (χ1) is 10.8. The van der Waals surface area contributed by atoms with E-state index in [1.54, 1.807) is 6.33 Å². The van der Waals surface area contributed by atoms with Crippen LogP contribution in [0.3, 0.4) is 0 Å². The van der Waals surface area contributed by atoms with Gasteiger partial charge < -0.3 is 9.88 Å². The molecule has 1 aliphatic heterocycles. The van der Waals surface area contributed by atoms with Gasteiger partial charge in [-0.15, -0.1) is 5.10 Å². The second-order valence-electron chi connectivity index (χ2n) is 5.39. The lowest BCUT2D eigenvalue weighted by molar-refractivity contribution is 0.631. The van der Waals surface area contributed by atoms with Crippen LogP contribution < -0.4 is 4.90 Å². The van der Waals surface area contributed by atoms with E-state index < -0.39 is 0 Å². The first kappa shape index (κ1) is 13.0. The van der Waals surface area contributed by atoms with Crippen molar-refractivity contribution in [1.29, 1.82) is 0 Å². The van der Waals surface area contributed by atoms with Crippen LogP contribution in [0, 0.1) is 0 Å². The molecule has 112 valence electrons. The zero-order valence-corrected chi connectivity index (χ0v) is 12.4. The summed E-state index contributed by atoms with van der Waals surface area (Å²) in [6.07, 6.45) is 4.73. The highest BCUT2D eigenvalue weighted by Crippen LogP contribution is 2.32. The molecule has 1 aliphatic rings. The van der Waals surface area contributed by atoms with Gasteiger partial charge in [-0.1, -0.05) is 12.1 Å². The van der Waals surface area contributed by atoms with Crippen LogP contribution in [0.15, 0.2) is 30.7 Å². The largest absolute Gasteiger partial charge is 0.365 e. The highest BCUT2D eigenvalue weighted by Gasteiger charge is 2.21. The van der Waals surface area contributed by atoms with Gasteiger partial charge in [0.2, 0.25) is 0 Å². The number of aryl methyl sites for hydroxylation is 1. The number of benzene rings is 1. The van der Waals surface area contributed by atoms with E-state index in [0.29, 0.717) is 0 Å². The van der Waals surface area contributed by atoms with Crippen LogP contribution in [-0.4, -0.2) is 36.7 Å². The van der Waals surface area contributed by atoms with Crippen LogP contribution in [-0.2, 0) is 19.5 Å². The van der Waals surface area contributed by atoms with Crippen molar-refractivity contribution in [2.75, 3.05) is 11.4 Å². The van der Waals surface area contributed by atoms with Crippen molar-refractivity contribution < 1.29 is 0 Å². The van der Waals surface area contributed by atoms with Gasteiger partial charge in [0.1, 0.15) is 0 Å². The molecule has 0 amide bonds. The number of anilines is 1. The second kappa shape index (κ2) is 5.25. The average Bonchev–Trinajstić information content (AvgIpc) is 3.28. The Balaban J connectivity index is 1.68. The Kier molecular flexibility index (Phi) is 3.10. The summed E-state index contributed by atoms with van der Waals surface area (Å²) in [6, 6.07) is 6.48. The SMILES string of the molecule is CCn1nnnc1-c1ccc2c(c1)N(Cc1c[nH]cn1)CC2. The van der Waals surface area contributed by atoms with Crippen molar-refractivity contribution >= 4 is 5.69 Å². The molecule has 7 nitrogen and oxygen atoms in total. The van der Waals surface area contributed by atoms with E-state index in [9.17, 15) is 0 Å². The van der Waals surface area contributed by atoms with Crippen LogP contribution in [0.4, 0.5) is 5.69 Å². The molecule has 22 heavy (non-hydrogen) atoms. The van der Waals surface area contributed by atoms with E-state index in [0.717, 1.165) is 43.1 Å². The summed E-state index contributed by atoms with van der Waals surface area (Å²) in [5.74, 6) is 0.817. The Labute approximate surface area is 128 Å². The minimum atomic E-state index is 0.760. The fourth-order valence-electron chi connectivity index (χ4n) is 2.95. The molecule has 0 saturated carbocycles. The van der Waals surface area contributed by atoms with Crippen molar-refractivity contribution in [1.82, 2.24) is 30.2 Å². The lowest BCUT2D eigenvalue weighted by atomic mass is 10.1. The van der Waals surface area contributed by atoms with Gasteiger partial charge in [0.05, 0.1) is 18.6 Å². The Morgan fingerprint density at radius 1 is 1.32 bits per heavy atom. The maximum atomic E-state index is 4.32. The molecule has 4 rings (SSSR count). The number of aromatic amines is 1. The molecule has 7 heteroatoms. The normalized spacial score (nSPS) is 13.6. The van der Waals surface area contributed by atoms with Crippen LogP contribution >= 0.6 is 0 Å². The molecule has 0 atom stereocenters. The summed E-state index contributed by atoms with van der Waals surface area (Å²) < 4.78 is 1.81. The molecule has 1 aromatic carbocycles. The topological polar surface area (TPSA) is 75.5 Å². The van der Waals surface area contributed by atoms with Crippen molar-refractivity contribution in [3.8, 4) is 11.4 Å². The van der Waals surface area contributed by atoms with Crippen molar-refractivity contribution in [2.24, 2.45) is 0 Å². The van der Waals surface area contributed by atoms with Crippen molar-refractivity contribution in [3.05, 3.63) is 42.0 Å². The minimum Gasteiger partial charge on any atom is -0.365 e. The summed E-state index contributed by atoms with van der Waals surface area (Å²) in [7, 11) is 0. The number of tetrazole rings is 1. The molecule has 0 radical (unpaired) electrons. The predicted octanol–water partition coefficient (Wildman–Crippen LogP) is 1.65. The summed E-state index contributed by atoms with van der Waals surface area (Å²) >= 11 is 0. The Morgan fingerprint density at radius 3 is 3.09 bits per heavy atom. The zero-order valence-electron chi connectivity index (χ0n) is 12.4. The number of aromatic nitrogens is 6. The zero-order chi connectivity index (χ0) is 14.9. The van der Waals surface area contributed by atoms with E-state index in [-0.39, 0.29) is 0 Å². The molecule has 3 aromatic rings. The van der Waals surface area contributed by atoms with E-state index in [1.807, 2.05) is 17.8 Å². The third kappa shape index (κ3) is 2.14. The van der Waals surface area contributed by atoms with Crippen LogP contribution in [0.1, 0.15) is 18.2 Å². The van der Waals surface area contributed by atoms with E-state index >= 15 is 0 Å². The monoisotopic (exact) mass is 295 g/mol. The van der Waals surface area contributed by atoms with Crippen molar-refractivity contribution in [2.45, 2.75) is 26.4 Å². The quantitative estimate of drug-likeness (QED) is 0.792. The first-order valence-corrected chi connectivity index (χ1v) is 7.47. The molecule has 1 N–H and O–H groups in total. The average molecular weight is 295 g/mol. The third-order valence-electron chi connectivity index (χ3n) is 4.07. The van der Waals surface area contributed by atoms with Crippen LogP contribution in [0.2, 0.25) is 0 Å². The standard InChI is InChI=1S/C15H17N7/c1-2-22-15(18-19-20-22)12-4-3-11-5-6-21(14(11)7-12)9-13-8-16-10-17-13/h3-4,7-8,10H,2,5-6,9H2,1H3,(H,16,17). The number of hydrogen-bond donors (Lipinski definition) is 1. The predicted molar refractivity (Wildman–Crippen MR) is 82.3 cm³/mol. The lowest BCUT2D eigenvalue weighted by Crippen LogP contribution is -2.19. The van der Waals surface area contributed by atoms with Gasteiger partial charge in [0.15, 0.2) is 5.82 Å². The summed E-state index contributed by atoms with van der Waals surface area (Å²) in [4.78, 5) is 9.68. The van der Waals surface area contributed by atoms with Gasteiger partial charge in [-0.2, -0.15) is 0 Å². The molecule has 0 unspecified atom stereocenters. The maximum Gasteiger partial charge on any atom is 0.182 e. The molecule has 2 aromatic heterocycles.